The van der Waals surface area contributed by atoms with Crippen LogP contribution in [0.1, 0.15) is 38.6 Å². The van der Waals surface area contributed by atoms with Crippen LogP contribution in [-0.2, 0) is 17.8 Å². The summed E-state index contributed by atoms with van der Waals surface area (Å²) in [7, 11) is 0. The first kappa shape index (κ1) is 15.3. The second-order valence-corrected chi connectivity index (χ2v) is 5.64. The molecule has 21 heavy (non-hydrogen) atoms. The molecule has 7 heteroatoms. The molecule has 0 spiro atoms. The van der Waals surface area contributed by atoms with Crippen LogP contribution in [0.15, 0.2) is 6.33 Å². The fourth-order valence-electron chi connectivity index (χ4n) is 2.44. The lowest BCUT2D eigenvalue weighted by molar-refractivity contribution is -0.142. The number of hydrogen-bond acceptors (Lipinski definition) is 3. The molecule has 0 bridgehead atoms. The van der Waals surface area contributed by atoms with Gasteiger partial charge in [-0.25, -0.2) is 14.6 Å². The van der Waals surface area contributed by atoms with E-state index in [4.69, 9.17) is 0 Å². The molecule has 7 nitrogen and oxygen atoms in total. The molecule has 0 radical (unpaired) electrons. The Morgan fingerprint density at radius 2 is 2.29 bits per heavy atom. The summed E-state index contributed by atoms with van der Waals surface area (Å²) in [4.78, 5) is 32.2. The van der Waals surface area contributed by atoms with E-state index in [1.54, 1.807) is 0 Å². The Bertz CT molecular complexity index is 528. The summed E-state index contributed by atoms with van der Waals surface area (Å²) in [6, 6.07) is -1.21. The highest BCUT2D eigenvalue weighted by atomic mass is 16.4. The molecule has 3 N–H and O–H groups in total. The summed E-state index contributed by atoms with van der Waals surface area (Å²) in [5.41, 5.74) is 1.53. The Labute approximate surface area is 123 Å². The standard InChI is InChI=1S/C14H22N4O3/c1-4-8(2)9(3)17-14(21)18-6-11-10(15-7-16-11)5-12(18)13(19)20/h7-9,12H,4-6H2,1-3H3,(H,15,16)(H,17,21)(H,19,20). The molecule has 3 unspecified atom stereocenters. The number of amides is 2. The summed E-state index contributed by atoms with van der Waals surface area (Å²) in [5.74, 6) is -0.667. The lowest BCUT2D eigenvalue weighted by atomic mass is 10.0. The van der Waals surface area contributed by atoms with Crippen molar-refractivity contribution in [1.82, 2.24) is 20.2 Å². The van der Waals surface area contributed by atoms with Crippen LogP contribution in [0.2, 0.25) is 0 Å². The smallest absolute Gasteiger partial charge is 0.326 e. The van der Waals surface area contributed by atoms with Crippen LogP contribution < -0.4 is 5.32 Å². The third kappa shape index (κ3) is 3.17. The largest absolute Gasteiger partial charge is 0.480 e. The highest BCUT2D eigenvalue weighted by Crippen LogP contribution is 2.21. The lowest BCUT2D eigenvalue weighted by Gasteiger charge is -2.34. The SMILES string of the molecule is CCC(C)C(C)NC(=O)N1Cc2[nH]cnc2CC1C(=O)O. The van der Waals surface area contributed by atoms with Gasteiger partial charge in [0.15, 0.2) is 0 Å². The van der Waals surface area contributed by atoms with Crippen LogP contribution in [0, 0.1) is 5.92 Å². The molecule has 1 aliphatic heterocycles. The minimum atomic E-state index is -1.00. The number of nitrogens with zero attached hydrogens (tertiary/aromatic N) is 2. The van der Waals surface area contributed by atoms with Crippen molar-refractivity contribution in [3.05, 3.63) is 17.7 Å². The number of aliphatic carboxylic acids is 1. The van der Waals surface area contributed by atoms with Crippen LogP contribution in [0.4, 0.5) is 4.79 Å². The Hall–Kier alpha value is -2.05. The highest BCUT2D eigenvalue weighted by molar-refractivity contribution is 5.83. The van der Waals surface area contributed by atoms with E-state index in [1.807, 2.05) is 6.92 Å². The number of hydrogen-bond donors (Lipinski definition) is 3. The average Bonchev–Trinajstić information content (AvgIpc) is 2.91. The van der Waals surface area contributed by atoms with Crippen molar-refractivity contribution in [2.45, 2.75) is 52.2 Å². The Morgan fingerprint density at radius 1 is 1.57 bits per heavy atom. The molecule has 3 atom stereocenters. The summed E-state index contributed by atoms with van der Waals surface area (Å²) >= 11 is 0. The number of carboxylic acid groups (broad SMARTS) is 1. The Morgan fingerprint density at radius 3 is 2.90 bits per heavy atom. The number of carbonyl (C=O) groups excluding carboxylic acids is 1. The number of carbonyl (C=O) groups is 2. The molecule has 2 heterocycles. The first-order chi connectivity index (χ1) is 9.93. The molecule has 0 saturated carbocycles. The van der Waals surface area contributed by atoms with Gasteiger partial charge in [0.05, 0.1) is 24.3 Å². The third-order valence-electron chi connectivity index (χ3n) is 4.29. The molecule has 0 fully saturated rings. The van der Waals surface area contributed by atoms with Gasteiger partial charge in [-0.05, 0) is 12.8 Å². The molecule has 1 aromatic rings. The topological polar surface area (TPSA) is 98.3 Å². The number of urea groups is 1. The Balaban J connectivity index is 2.13. The maximum Gasteiger partial charge on any atom is 0.326 e. The van der Waals surface area contributed by atoms with Crippen LogP contribution >= 0.6 is 0 Å². The van der Waals surface area contributed by atoms with E-state index >= 15 is 0 Å². The number of carboxylic acids is 1. The van der Waals surface area contributed by atoms with Crippen molar-refractivity contribution < 1.29 is 14.7 Å². The summed E-state index contributed by atoms with van der Waals surface area (Å²) in [6.07, 6.45) is 2.72. The first-order valence-corrected chi connectivity index (χ1v) is 7.25. The van der Waals surface area contributed by atoms with E-state index in [-0.39, 0.29) is 25.0 Å². The number of rotatable bonds is 4. The van der Waals surface area contributed by atoms with Crippen molar-refractivity contribution in [2.75, 3.05) is 0 Å². The zero-order valence-electron chi connectivity index (χ0n) is 12.6. The summed E-state index contributed by atoms with van der Waals surface area (Å²) in [5, 5.41) is 12.2. The normalized spacial score (nSPS) is 20.5. The second kappa shape index (κ2) is 6.15. The van der Waals surface area contributed by atoms with Crippen molar-refractivity contribution >= 4 is 12.0 Å². The first-order valence-electron chi connectivity index (χ1n) is 7.25. The minimum absolute atomic E-state index is 0.000101. The molecular weight excluding hydrogens is 272 g/mol. The highest BCUT2D eigenvalue weighted by Gasteiger charge is 2.36. The molecular formula is C14H22N4O3. The van der Waals surface area contributed by atoms with Crippen molar-refractivity contribution in [2.24, 2.45) is 5.92 Å². The van der Waals surface area contributed by atoms with Crippen molar-refractivity contribution in [3.8, 4) is 0 Å². The number of H-pyrrole nitrogens is 1. The maximum atomic E-state index is 12.4. The van der Waals surface area contributed by atoms with Gasteiger partial charge in [0.25, 0.3) is 0 Å². The predicted octanol–water partition coefficient (Wildman–Crippen LogP) is 1.37. The quantitative estimate of drug-likeness (QED) is 0.781. The molecule has 0 saturated heterocycles. The van der Waals surface area contributed by atoms with Crippen LogP contribution in [0.3, 0.4) is 0 Å². The minimum Gasteiger partial charge on any atom is -0.480 e. The number of nitrogens with one attached hydrogen (secondary N) is 2. The fraction of sp³-hybridized carbons (Fsp3) is 0.643. The van der Waals surface area contributed by atoms with Gasteiger partial charge >= 0.3 is 12.0 Å². The molecule has 2 amide bonds. The van der Waals surface area contributed by atoms with Gasteiger partial charge in [0.2, 0.25) is 0 Å². The van der Waals surface area contributed by atoms with Crippen molar-refractivity contribution in [3.63, 3.8) is 0 Å². The van der Waals surface area contributed by atoms with Crippen LogP contribution in [0.5, 0.6) is 0 Å². The maximum absolute atomic E-state index is 12.4. The molecule has 0 aromatic carbocycles. The van der Waals surface area contributed by atoms with E-state index in [2.05, 4.69) is 29.1 Å². The molecule has 116 valence electrons. The van der Waals surface area contributed by atoms with Gasteiger partial charge in [-0.15, -0.1) is 0 Å². The van der Waals surface area contributed by atoms with Gasteiger partial charge < -0.3 is 20.3 Å². The van der Waals surface area contributed by atoms with Crippen molar-refractivity contribution in [1.29, 1.82) is 0 Å². The molecule has 1 aromatic heterocycles. The van der Waals surface area contributed by atoms with Crippen LogP contribution in [-0.4, -0.2) is 44.1 Å². The zero-order valence-corrected chi connectivity index (χ0v) is 12.6. The van der Waals surface area contributed by atoms with E-state index in [9.17, 15) is 14.7 Å². The Kier molecular flexibility index (Phi) is 4.50. The zero-order chi connectivity index (χ0) is 15.6. The summed E-state index contributed by atoms with van der Waals surface area (Å²) < 4.78 is 0. The number of fused-ring (bicyclic) bond motifs is 1. The van der Waals surface area contributed by atoms with E-state index in [0.717, 1.165) is 17.8 Å². The lowest BCUT2D eigenvalue weighted by Crippen LogP contribution is -2.54. The van der Waals surface area contributed by atoms with E-state index < -0.39 is 12.0 Å². The van der Waals surface area contributed by atoms with Gasteiger partial charge in [-0.1, -0.05) is 20.3 Å². The fourth-order valence-corrected chi connectivity index (χ4v) is 2.44. The van der Waals surface area contributed by atoms with E-state index in [1.165, 1.54) is 11.2 Å². The number of imidazole rings is 1. The van der Waals surface area contributed by atoms with Gasteiger partial charge in [0, 0.05) is 12.5 Å². The van der Waals surface area contributed by atoms with Gasteiger partial charge in [-0.2, -0.15) is 0 Å². The molecule has 2 rings (SSSR count). The van der Waals surface area contributed by atoms with E-state index in [0.29, 0.717) is 5.92 Å². The second-order valence-electron chi connectivity index (χ2n) is 5.64. The number of aromatic nitrogens is 2. The average molecular weight is 294 g/mol. The monoisotopic (exact) mass is 294 g/mol. The molecule has 0 aliphatic carbocycles. The van der Waals surface area contributed by atoms with Crippen LogP contribution in [0.25, 0.3) is 0 Å². The molecule has 1 aliphatic rings. The predicted molar refractivity (Wildman–Crippen MR) is 76.7 cm³/mol. The van der Waals surface area contributed by atoms with Gasteiger partial charge in [0.1, 0.15) is 6.04 Å². The van der Waals surface area contributed by atoms with Gasteiger partial charge in [-0.3, -0.25) is 0 Å². The third-order valence-corrected chi connectivity index (χ3v) is 4.29. The number of aromatic amines is 1. The summed E-state index contributed by atoms with van der Waals surface area (Å²) in [6.45, 7) is 6.30.